The standard InChI is InChI=1S/C12H15IO5PS2/c13-21(19)17-6-8-9(14)10(15)11(16)12(18-8)20-7-4-2-1-3-5-7/h1-5,8-12,14-16H,6H2/q-1/t8?,9-,10?,11-,12-/m1/s1. The van der Waals surface area contributed by atoms with Gasteiger partial charge in [-0.1, -0.05) is 0 Å². The van der Waals surface area contributed by atoms with Gasteiger partial charge in [0.1, 0.15) is 0 Å². The van der Waals surface area contributed by atoms with Gasteiger partial charge in [0.25, 0.3) is 0 Å². The maximum atomic E-state index is 10.1. The van der Waals surface area contributed by atoms with Crippen LogP contribution in [0.15, 0.2) is 35.2 Å². The first-order chi connectivity index (χ1) is 9.99. The van der Waals surface area contributed by atoms with Gasteiger partial charge in [-0.25, -0.2) is 0 Å². The molecule has 21 heavy (non-hydrogen) atoms. The molecular formula is C12H15IO5PS2-. The van der Waals surface area contributed by atoms with Gasteiger partial charge in [0.15, 0.2) is 0 Å². The van der Waals surface area contributed by atoms with E-state index in [1.807, 2.05) is 51.5 Å². The molecule has 1 aromatic carbocycles. The van der Waals surface area contributed by atoms with Gasteiger partial charge in [-0.15, -0.1) is 0 Å². The Kier molecular flexibility index (Phi) is 7.51. The molecule has 5 atom stereocenters. The van der Waals surface area contributed by atoms with Gasteiger partial charge in [-0.2, -0.15) is 0 Å². The molecule has 0 saturated carbocycles. The summed E-state index contributed by atoms with van der Waals surface area (Å²) in [5.41, 5.74) is -0.671. The molecule has 0 aromatic heterocycles. The quantitative estimate of drug-likeness (QED) is 0.361. The Bertz CT molecular complexity index is 525. The maximum absolute atomic E-state index is 10.1. The van der Waals surface area contributed by atoms with Crippen LogP contribution in [0.3, 0.4) is 0 Å². The van der Waals surface area contributed by atoms with Crippen LogP contribution < -0.4 is 0 Å². The van der Waals surface area contributed by atoms with Crippen molar-refractivity contribution in [1.29, 1.82) is 0 Å². The average Bonchev–Trinajstić information content (AvgIpc) is 2.47. The zero-order valence-electron chi connectivity index (χ0n) is 10.8. The summed E-state index contributed by atoms with van der Waals surface area (Å²) in [5, 5.41) is 30.0. The third-order valence-electron chi connectivity index (χ3n) is 2.99. The predicted molar refractivity (Wildman–Crippen MR) is 93.2 cm³/mol. The summed E-state index contributed by atoms with van der Waals surface area (Å²) >= 11 is 3.29. The van der Waals surface area contributed by atoms with E-state index in [4.69, 9.17) is 8.92 Å². The van der Waals surface area contributed by atoms with Crippen LogP contribution in [0.1, 0.15) is 0 Å². The summed E-state index contributed by atoms with van der Waals surface area (Å²) in [6.45, 7) is 0.104. The van der Waals surface area contributed by atoms with Gasteiger partial charge in [0, 0.05) is 0 Å². The van der Waals surface area contributed by atoms with Crippen LogP contribution in [0.25, 0.3) is 0 Å². The number of hydrogen-bond acceptors (Lipinski definition) is 7. The van der Waals surface area contributed by atoms with Crippen LogP contribution in [-0.4, -0.2) is 51.8 Å². The summed E-state index contributed by atoms with van der Waals surface area (Å²) < 4.78 is 11.0. The number of ether oxygens (including phenoxy) is 1. The first-order valence-corrected chi connectivity index (χ1v) is 11.8. The number of aliphatic hydroxyl groups is 3. The van der Waals surface area contributed by atoms with Crippen molar-refractivity contribution in [3.8, 4) is 0 Å². The van der Waals surface area contributed by atoms with Crippen molar-refractivity contribution in [3.63, 3.8) is 0 Å². The van der Waals surface area contributed by atoms with E-state index in [0.717, 1.165) is 4.90 Å². The Balaban J connectivity index is 2.05. The monoisotopic (exact) mass is 461 g/mol. The Labute approximate surface area is 143 Å². The summed E-state index contributed by atoms with van der Waals surface area (Å²) in [7, 11) is 3.53. The van der Waals surface area contributed by atoms with Crippen molar-refractivity contribution < 1.29 is 24.2 Å². The van der Waals surface area contributed by atoms with E-state index in [0.29, 0.717) is 0 Å². The normalized spacial score (nSPS) is 33.2. The van der Waals surface area contributed by atoms with Crippen molar-refractivity contribution in [1.82, 2.24) is 0 Å². The summed E-state index contributed by atoms with van der Waals surface area (Å²) in [6.07, 6.45) is -4.35. The topological polar surface area (TPSA) is 79.2 Å². The van der Waals surface area contributed by atoms with Crippen molar-refractivity contribution in [2.24, 2.45) is 0 Å². The summed E-state index contributed by atoms with van der Waals surface area (Å²) in [5.74, 6) is 0. The average molecular weight is 461 g/mol. The number of rotatable bonds is 4. The van der Waals surface area contributed by atoms with E-state index < -0.39 is 37.2 Å². The molecule has 1 aliphatic rings. The first-order valence-electron chi connectivity index (χ1n) is 6.13. The number of halogens is 1. The third kappa shape index (κ3) is 5.19. The fourth-order valence-electron chi connectivity index (χ4n) is 1.91. The number of benzene rings is 1. The Hall–Kier alpha value is 0.880. The predicted octanol–water partition coefficient (Wildman–Crippen LogP) is 1.81. The minimum absolute atomic E-state index is 0.104. The van der Waals surface area contributed by atoms with Gasteiger partial charge in [0.05, 0.1) is 0 Å². The van der Waals surface area contributed by atoms with E-state index in [-0.39, 0.29) is 6.61 Å². The molecule has 1 aromatic rings. The van der Waals surface area contributed by atoms with Crippen LogP contribution >= 0.6 is 40.8 Å². The van der Waals surface area contributed by atoms with E-state index in [1.165, 1.54) is 11.8 Å². The third-order valence-corrected chi connectivity index (χ3v) is 5.57. The molecule has 1 aliphatic heterocycles. The minimum atomic E-state index is -1.27. The summed E-state index contributed by atoms with van der Waals surface area (Å²) in [4.78, 5) is 0.910. The molecular weight excluding hydrogens is 446 g/mol. The van der Waals surface area contributed by atoms with E-state index >= 15 is 0 Å². The van der Waals surface area contributed by atoms with Crippen molar-refractivity contribution in [2.45, 2.75) is 34.7 Å². The molecule has 118 valence electrons. The molecule has 0 spiro atoms. The molecule has 1 saturated heterocycles. The Morgan fingerprint density at radius 1 is 1.19 bits per heavy atom. The van der Waals surface area contributed by atoms with Gasteiger partial charge < -0.3 is 0 Å². The van der Waals surface area contributed by atoms with Gasteiger partial charge in [-0.05, 0) is 0 Å². The van der Waals surface area contributed by atoms with Crippen LogP contribution in [0.4, 0.5) is 0 Å². The van der Waals surface area contributed by atoms with Crippen LogP contribution in [0.2, 0.25) is 0 Å². The molecule has 1 heterocycles. The van der Waals surface area contributed by atoms with Gasteiger partial charge >= 0.3 is 144 Å². The van der Waals surface area contributed by atoms with Crippen molar-refractivity contribution >= 4 is 48.1 Å². The first kappa shape index (κ1) is 18.2. The number of thioether (sulfide) groups is 1. The van der Waals surface area contributed by atoms with E-state index in [2.05, 4.69) is 7.81 Å². The van der Waals surface area contributed by atoms with Gasteiger partial charge in [-0.3, -0.25) is 0 Å². The van der Waals surface area contributed by atoms with Crippen LogP contribution in [-0.2, 0) is 16.2 Å². The SMILES string of the molecule is OC1[C@H](O)C(CO[S-](#P)I)O[C@H](Sc2ccccc2)[C@@H]1O. The van der Waals surface area contributed by atoms with Gasteiger partial charge in [0.2, 0.25) is 0 Å². The molecule has 1 fully saturated rings. The zero-order valence-corrected chi connectivity index (χ0v) is 15.5. The fraction of sp³-hybridized carbons (Fsp3) is 0.500. The molecule has 2 unspecified atom stereocenters. The zero-order chi connectivity index (χ0) is 15.4. The molecule has 0 amide bonds. The molecule has 5 nitrogen and oxygen atoms in total. The number of hydrogen-bond donors (Lipinski definition) is 3. The molecule has 3 N–H and O–H groups in total. The van der Waals surface area contributed by atoms with Crippen molar-refractivity contribution in [2.75, 3.05) is 6.61 Å². The molecule has 2 rings (SSSR count). The Morgan fingerprint density at radius 3 is 2.48 bits per heavy atom. The Morgan fingerprint density at radius 2 is 1.86 bits per heavy atom. The molecule has 0 aliphatic carbocycles. The second-order valence-electron chi connectivity index (χ2n) is 4.44. The van der Waals surface area contributed by atoms with E-state index in [1.54, 1.807) is 0 Å². The van der Waals surface area contributed by atoms with Crippen molar-refractivity contribution in [3.05, 3.63) is 30.3 Å². The molecule has 9 heteroatoms. The molecule has 0 radical (unpaired) electrons. The fourth-order valence-corrected chi connectivity index (χ4v) is 3.86. The summed E-state index contributed by atoms with van der Waals surface area (Å²) in [6, 6.07) is 9.43. The number of aliphatic hydroxyl groups excluding tert-OH is 3. The van der Waals surface area contributed by atoms with Crippen LogP contribution in [0.5, 0.6) is 0 Å². The molecule has 0 bridgehead atoms. The van der Waals surface area contributed by atoms with E-state index in [9.17, 15) is 15.3 Å². The second-order valence-corrected chi connectivity index (χ2v) is 11.7. The van der Waals surface area contributed by atoms with Crippen LogP contribution in [0, 0.1) is 0 Å². The second kappa shape index (κ2) is 8.65.